The van der Waals surface area contributed by atoms with Crippen molar-refractivity contribution in [2.75, 3.05) is 0 Å². The van der Waals surface area contributed by atoms with Gasteiger partial charge in [-0.05, 0) is 37.1 Å². The van der Waals surface area contributed by atoms with Crippen LogP contribution in [-0.4, -0.2) is 33.9 Å². The van der Waals surface area contributed by atoms with Crippen LogP contribution in [0, 0.1) is 0 Å². The van der Waals surface area contributed by atoms with Gasteiger partial charge in [0.1, 0.15) is 11.4 Å². The third-order valence-corrected chi connectivity index (χ3v) is 5.13. The van der Waals surface area contributed by atoms with Gasteiger partial charge in [-0.2, -0.15) is 0 Å². The Morgan fingerprint density at radius 2 is 1.46 bits per heavy atom. The van der Waals surface area contributed by atoms with E-state index in [4.69, 9.17) is 0 Å². The lowest BCUT2D eigenvalue weighted by Crippen LogP contribution is -2.53. The Labute approximate surface area is 163 Å². The summed E-state index contributed by atoms with van der Waals surface area (Å²) in [5.41, 5.74) is 1.56. The molecule has 4 rings (SSSR count). The minimum Gasteiger partial charge on any atom is -0.346 e. The van der Waals surface area contributed by atoms with Crippen molar-refractivity contribution in [3.63, 3.8) is 0 Å². The summed E-state index contributed by atoms with van der Waals surface area (Å²) in [6, 6.07) is 16.4. The van der Waals surface area contributed by atoms with Gasteiger partial charge in [-0.1, -0.05) is 43.2 Å². The van der Waals surface area contributed by atoms with Gasteiger partial charge in [-0.15, -0.1) is 0 Å². The van der Waals surface area contributed by atoms with Crippen LogP contribution in [0.3, 0.4) is 0 Å². The minimum absolute atomic E-state index is 0.118. The van der Waals surface area contributed by atoms with E-state index in [-0.39, 0.29) is 23.9 Å². The predicted octanol–water partition coefficient (Wildman–Crippen LogP) is 3.10. The van der Waals surface area contributed by atoms with Crippen molar-refractivity contribution in [3.05, 3.63) is 72.2 Å². The van der Waals surface area contributed by atoms with Gasteiger partial charge in [-0.3, -0.25) is 14.6 Å². The number of nitrogens with zero attached hydrogens (tertiary/aromatic N) is 2. The van der Waals surface area contributed by atoms with Gasteiger partial charge in [0.05, 0.1) is 5.52 Å². The zero-order valence-corrected chi connectivity index (χ0v) is 15.5. The quantitative estimate of drug-likeness (QED) is 0.735. The number of para-hydroxylation sites is 1. The van der Waals surface area contributed by atoms with Crippen LogP contribution in [0.15, 0.2) is 60.8 Å². The van der Waals surface area contributed by atoms with E-state index in [2.05, 4.69) is 20.6 Å². The van der Waals surface area contributed by atoms with Crippen LogP contribution in [0.2, 0.25) is 0 Å². The number of aromatic nitrogens is 2. The van der Waals surface area contributed by atoms with Crippen LogP contribution in [0.5, 0.6) is 0 Å². The monoisotopic (exact) mass is 374 g/mol. The lowest BCUT2D eigenvalue weighted by molar-refractivity contribution is 0.0858. The number of benzene rings is 1. The summed E-state index contributed by atoms with van der Waals surface area (Å²) in [4.78, 5) is 33.8. The number of nitrogens with one attached hydrogen (secondary N) is 2. The lowest BCUT2D eigenvalue weighted by Gasteiger charge is -2.32. The summed E-state index contributed by atoms with van der Waals surface area (Å²) in [6.07, 6.45) is 5.29. The third kappa shape index (κ3) is 4.01. The van der Waals surface area contributed by atoms with Gasteiger partial charge in [0, 0.05) is 23.7 Å². The van der Waals surface area contributed by atoms with Crippen molar-refractivity contribution in [1.29, 1.82) is 0 Å². The average Bonchev–Trinajstić information content (AvgIpc) is 2.75. The van der Waals surface area contributed by atoms with E-state index in [1.54, 1.807) is 30.5 Å². The third-order valence-electron chi connectivity index (χ3n) is 5.13. The number of carbonyl (C=O) groups excluding carboxylic acids is 2. The standard InChI is InChI=1S/C22H22N4O2/c27-21(19-11-5-6-14-23-19)25-17-9-3-4-10-18(17)26-22(28)20-13-12-15-7-1-2-8-16(15)24-20/h1-2,5-8,11-14,17-18H,3-4,9-10H2,(H,25,27)(H,26,28)/t17-,18-/m1/s1. The van der Waals surface area contributed by atoms with Crippen LogP contribution in [0.4, 0.5) is 0 Å². The molecule has 1 aliphatic carbocycles. The summed E-state index contributed by atoms with van der Waals surface area (Å²) in [6.45, 7) is 0. The average molecular weight is 374 g/mol. The molecular formula is C22H22N4O2. The van der Waals surface area contributed by atoms with E-state index < -0.39 is 0 Å². The summed E-state index contributed by atoms with van der Waals surface area (Å²) >= 11 is 0. The molecule has 6 nitrogen and oxygen atoms in total. The second-order valence-corrected chi connectivity index (χ2v) is 7.05. The molecule has 1 aliphatic rings. The molecule has 1 saturated carbocycles. The highest BCUT2D eigenvalue weighted by Crippen LogP contribution is 2.20. The number of carbonyl (C=O) groups is 2. The van der Waals surface area contributed by atoms with Crippen LogP contribution < -0.4 is 10.6 Å². The van der Waals surface area contributed by atoms with Gasteiger partial charge >= 0.3 is 0 Å². The zero-order chi connectivity index (χ0) is 19.3. The molecule has 1 aromatic carbocycles. The predicted molar refractivity (Wildman–Crippen MR) is 107 cm³/mol. The summed E-state index contributed by atoms with van der Waals surface area (Å²) < 4.78 is 0. The fourth-order valence-corrected chi connectivity index (χ4v) is 3.65. The Kier molecular flexibility index (Phi) is 5.28. The first-order valence-corrected chi connectivity index (χ1v) is 9.59. The molecule has 0 aliphatic heterocycles. The molecule has 1 fully saturated rings. The first-order chi connectivity index (χ1) is 13.7. The number of hydrogen-bond donors (Lipinski definition) is 2. The fourth-order valence-electron chi connectivity index (χ4n) is 3.65. The van der Waals surface area contributed by atoms with Crippen molar-refractivity contribution in [3.8, 4) is 0 Å². The molecule has 6 heteroatoms. The van der Waals surface area contributed by atoms with Crippen molar-refractivity contribution < 1.29 is 9.59 Å². The van der Waals surface area contributed by atoms with Crippen LogP contribution in [0.25, 0.3) is 10.9 Å². The number of amides is 2. The fraction of sp³-hybridized carbons (Fsp3) is 0.273. The first-order valence-electron chi connectivity index (χ1n) is 9.59. The minimum atomic E-state index is -0.213. The van der Waals surface area contributed by atoms with Crippen molar-refractivity contribution in [2.45, 2.75) is 37.8 Å². The van der Waals surface area contributed by atoms with Crippen LogP contribution >= 0.6 is 0 Å². The van der Waals surface area contributed by atoms with E-state index in [0.717, 1.165) is 36.6 Å². The van der Waals surface area contributed by atoms with Gasteiger partial charge in [0.25, 0.3) is 11.8 Å². The molecule has 0 unspecified atom stereocenters. The van der Waals surface area contributed by atoms with Crippen molar-refractivity contribution >= 4 is 22.7 Å². The number of pyridine rings is 2. The topological polar surface area (TPSA) is 84.0 Å². The smallest absolute Gasteiger partial charge is 0.270 e. The SMILES string of the molecule is O=C(N[C@@H]1CCCC[C@H]1NC(=O)c1ccc2ccccc2n1)c1ccccn1. The highest BCUT2D eigenvalue weighted by atomic mass is 16.2. The molecule has 0 saturated heterocycles. The molecule has 3 aromatic rings. The lowest BCUT2D eigenvalue weighted by atomic mass is 9.90. The Balaban J connectivity index is 1.46. The normalized spacial score (nSPS) is 19.1. The van der Waals surface area contributed by atoms with Crippen LogP contribution in [-0.2, 0) is 0 Å². The van der Waals surface area contributed by atoms with Gasteiger partial charge < -0.3 is 10.6 Å². The Morgan fingerprint density at radius 1 is 0.786 bits per heavy atom. The Hall–Kier alpha value is -3.28. The number of hydrogen-bond acceptors (Lipinski definition) is 4. The van der Waals surface area contributed by atoms with Crippen LogP contribution in [0.1, 0.15) is 46.7 Å². The van der Waals surface area contributed by atoms with Crippen molar-refractivity contribution in [1.82, 2.24) is 20.6 Å². The number of rotatable bonds is 4. The largest absolute Gasteiger partial charge is 0.346 e. The van der Waals surface area contributed by atoms with E-state index >= 15 is 0 Å². The maximum Gasteiger partial charge on any atom is 0.270 e. The molecule has 0 bridgehead atoms. The summed E-state index contributed by atoms with van der Waals surface area (Å²) in [5.74, 6) is -0.426. The maximum absolute atomic E-state index is 12.8. The highest BCUT2D eigenvalue weighted by Gasteiger charge is 2.29. The molecule has 2 amide bonds. The second-order valence-electron chi connectivity index (χ2n) is 7.05. The summed E-state index contributed by atoms with van der Waals surface area (Å²) in [5, 5.41) is 7.10. The molecule has 28 heavy (non-hydrogen) atoms. The molecule has 2 aromatic heterocycles. The van der Waals surface area contributed by atoms with E-state index in [1.807, 2.05) is 30.3 Å². The number of fused-ring (bicyclic) bond motifs is 1. The highest BCUT2D eigenvalue weighted by molar-refractivity contribution is 5.95. The molecule has 142 valence electrons. The van der Waals surface area contributed by atoms with Crippen molar-refractivity contribution in [2.24, 2.45) is 0 Å². The molecule has 0 radical (unpaired) electrons. The Morgan fingerprint density at radius 3 is 2.18 bits per heavy atom. The van der Waals surface area contributed by atoms with Gasteiger partial charge in [-0.25, -0.2) is 4.98 Å². The van der Waals surface area contributed by atoms with E-state index in [1.165, 1.54) is 0 Å². The van der Waals surface area contributed by atoms with Gasteiger partial charge in [0.2, 0.25) is 0 Å². The second kappa shape index (κ2) is 8.17. The molecule has 2 N–H and O–H groups in total. The first kappa shape index (κ1) is 18.1. The molecular weight excluding hydrogens is 352 g/mol. The Bertz CT molecular complexity index is 990. The maximum atomic E-state index is 12.8. The summed E-state index contributed by atoms with van der Waals surface area (Å²) in [7, 11) is 0. The molecule has 2 heterocycles. The van der Waals surface area contributed by atoms with E-state index in [9.17, 15) is 9.59 Å². The molecule has 2 atom stereocenters. The zero-order valence-electron chi connectivity index (χ0n) is 15.5. The molecule has 0 spiro atoms. The van der Waals surface area contributed by atoms with Gasteiger partial charge in [0.15, 0.2) is 0 Å². The van der Waals surface area contributed by atoms with E-state index in [0.29, 0.717) is 11.4 Å².